The fraction of sp³-hybridized carbons (Fsp3) is 1.00. The number of hydrogen-bond acceptors (Lipinski definition) is 2. The van der Waals surface area contributed by atoms with Crippen LogP contribution in [-0.2, 0) is 0 Å². The summed E-state index contributed by atoms with van der Waals surface area (Å²) >= 11 is 0. The minimum absolute atomic E-state index is 0.0486. The monoisotopic (exact) mass is 197 g/mol. The van der Waals surface area contributed by atoms with Gasteiger partial charge in [0.1, 0.15) is 0 Å². The third-order valence-electron chi connectivity index (χ3n) is 5.04. The largest absolute Gasteiger partial charge is 0.389 e. The van der Waals surface area contributed by atoms with Crippen LogP contribution in [0, 0.1) is 10.8 Å². The molecule has 0 spiro atoms. The predicted molar refractivity (Wildman–Crippen MR) is 57.9 cm³/mol. The van der Waals surface area contributed by atoms with Gasteiger partial charge in [0.05, 0.1) is 5.60 Å². The average Bonchev–Trinajstić information content (AvgIpc) is 2.26. The summed E-state index contributed by atoms with van der Waals surface area (Å²) in [4.78, 5) is 0. The van der Waals surface area contributed by atoms with Gasteiger partial charge < -0.3 is 10.8 Å². The van der Waals surface area contributed by atoms with Crippen LogP contribution in [0.4, 0.5) is 0 Å². The van der Waals surface area contributed by atoms with E-state index in [2.05, 4.69) is 13.8 Å². The fourth-order valence-electron chi connectivity index (χ4n) is 3.70. The lowest BCUT2D eigenvalue weighted by Gasteiger charge is -2.57. The Hall–Kier alpha value is -0.0800. The molecule has 0 aromatic rings. The van der Waals surface area contributed by atoms with E-state index in [1.165, 1.54) is 6.42 Å². The van der Waals surface area contributed by atoms with Gasteiger partial charge in [-0.2, -0.15) is 0 Å². The van der Waals surface area contributed by atoms with E-state index in [0.717, 1.165) is 32.1 Å². The van der Waals surface area contributed by atoms with Crippen molar-refractivity contribution in [3.05, 3.63) is 0 Å². The normalized spacial score (nSPS) is 39.4. The maximum absolute atomic E-state index is 10.9. The minimum Gasteiger partial charge on any atom is -0.389 e. The molecule has 2 rings (SSSR count). The molecule has 3 N–H and O–H groups in total. The molecule has 82 valence electrons. The zero-order chi connectivity index (χ0) is 10.4. The van der Waals surface area contributed by atoms with Crippen molar-refractivity contribution in [2.75, 3.05) is 6.54 Å². The maximum Gasteiger partial charge on any atom is 0.0766 e. The minimum atomic E-state index is -0.493. The van der Waals surface area contributed by atoms with Gasteiger partial charge in [0.2, 0.25) is 0 Å². The molecular weight excluding hydrogens is 174 g/mol. The summed E-state index contributed by atoms with van der Waals surface area (Å²) in [5, 5.41) is 10.9. The van der Waals surface area contributed by atoms with Crippen molar-refractivity contribution in [3.8, 4) is 0 Å². The molecule has 0 amide bonds. The molecule has 2 aliphatic rings. The van der Waals surface area contributed by atoms with E-state index in [4.69, 9.17) is 5.73 Å². The van der Waals surface area contributed by atoms with E-state index in [9.17, 15) is 5.11 Å². The van der Waals surface area contributed by atoms with Gasteiger partial charge in [-0.05, 0) is 37.5 Å². The van der Waals surface area contributed by atoms with Crippen LogP contribution in [-0.4, -0.2) is 17.3 Å². The van der Waals surface area contributed by atoms with Crippen LogP contribution in [0.25, 0.3) is 0 Å². The van der Waals surface area contributed by atoms with Crippen molar-refractivity contribution >= 4 is 0 Å². The third kappa shape index (κ3) is 1.04. The summed E-state index contributed by atoms with van der Waals surface area (Å²) in [7, 11) is 0. The molecule has 0 saturated heterocycles. The Bertz CT molecular complexity index is 227. The van der Waals surface area contributed by atoms with Gasteiger partial charge in [-0.25, -0.2) is 0 Å². The van der Waals surface area contributed by atoms with Crippen molar-refractivity contribution in [2.45, 2.75) is 58.0 Å². The summed E-state index contributed by atoms with van der Waals surface area (Å²) in [6.07, 6.45) is 6.76. The molecule has 14 heavy (non-hydrogen) atoms. The molecule has 0 aliphatic heterocycles. The summed E-state index contributed by atoms with van der Waals surface area (Å²) in [5.74, 6) is 0. The molecule has 2 saturated carbocycles. The van der Waals surface area contributed by atoms with E-state index in [0.29, 0.717) is 6.54 Å². The highest BCUT2D eigenvalue weighted by molar-refractivity contribution is 5.13. The molecule has 2 fully saturated rings. The highest BCUT2D eigenvalue weighted by Crippen LogP contribution is 2.61. The zero-order valence-corrected chi connectivity index (χ0v) is 9.47. The van der Waals surface area contributed by atoms with Crippen molar-refractivity contribution < 1.29 is 5.11 Å². The topological polar surface area (TPSA) is 46.2 Å². The van der Waals surface area contributed by atoms with Crippen LogP contribution in [0.5, 0.6) is 0 Å². The summed E-state index contributed by atoms with van der Waals surface area (Å²) < 4.78 is 0. The predicted octanol–water partition coefficient (Wildman–Crippen LogP) is 2.06. The van der Waals surface area contributed by atoms with Crippen LogP contribution in [0.2, 0.25) is 0 Å². The Kier molecular flexibility index (Phi) is 2.20. The second-order valence-corrected chi connectivity index (χ2v) is 5.94. The van der Waals surface area contributed by atoms with E-state index in [-0.39, 0.29) is 10.8 Å². The Balaban J connectivity index is 2.30. The Morgan fingerprint density at radius 2 is 1.64 bits per heavy atom. The standard InChI is InChI=1S/C12H23NO/c1-10(2)5-3-8-12(10,14)11(9-13)6-4-7-11/h14H,3-9,13H2,1-2H3. The first-order valence-corrected chi connectivity index (χ1v) is 5.90. The molecule has 1 atom stereocenters. The Labute approximate surface area is 86.9 Å². The first-order valence-electron chi connectivity index (χ1n) is 5.90. The average molecular weight is 197 g/mol. The van der Waals surface area contributed by atoms with Crippen LogP contribution in [0.3, 0.4) is 0 Å². The SMILES string of the molecule is CC1(C)CCCC1(O)C1(CN)CCC1. The Morgan fingerprint density at radius 1 is 1.07 bits per heavy atom. The first-order chi connectivity index (χ1) is 6.47. The quantitative estimate of drug-likeness (QED) is 0.711. The maximum atomic E-state index is 10.9. The molecule has 2 nitrogen and oxygen atoms in total. The second kappa shape index (κ2) is 2.96. The molecule has 2 heteroatoms. The number of aliphatic hydroxyl groups is 1. The van der Waals surface area contributed by atoms with Crippen LogP contribution in [0.15, 0.2) is 0 Å². The first kappa shape index (κ1) is 10.4. The molecule has 0 heterocycles. The van der Waals surface area contributed by atoms with Crippen molar-refractivity contribution in [3.63, 3.8) is 0 Å². The highest BCUT2D eigenvalue weighted by atomic mass is 16.3. The summed E-state index contributed by atoms with van der Waals surface area (Å²) in [6, 6.07) is 0. The Morgan fingerprint density at radius 3 is 1.93 bits per heavy atom. The van der Waals surface area contributed by atoms with Crippen LogP contribution >= 0.6 is 0 Å². The van der Waals surface area contributed by atoms with E-state index in [1.807, 2.05) is 0 Å². The molecule has 1 unspecified atom stereocenters. The highest BCUT2D eigenvalue weighted by Gasteiger charge is 2.61. The van der Waals surface area contributed by atoms with E-state index < -0.39 is 5.60 Å². The number of nitrogens with two attached hydrogens (primary N) is 1. The van der Waals surface area contributed by atoms with Gasteiger partial charge in [-0.1, -0.05) is 20.3 Å². The molecular formula is C12H23NO. The number of rotatable bonds is 2. The van der Waals surface area contributed by atoms with Crippen molar-refractivity contribution in [2.24, 2.45) is 16.6 Å². The molecule has 0 aromatic heterocycles. The molecule has 0 aromatic carbocycles. The van der Waals surface area contributed by atoms with Crippen molar-refractivity contribution in [1.82, 2.24) is 0 Å². The van der Waals surface area contributed by atoms with E-state index >= 15 is 0 Å². The second-order valence-electron chi connectivity index (χ2n) is 5.94. The van der Waals surface area contributed by atoms with Crippen LogP contribution in [0.1, 0.15) is 52.4 Å². The smallest absolute Gasteiger partial charge is 0.0766 e. The third-order valence-corrected chi connectivity index (χ3v) is 5.04. The lowest BCUT2D eigenvalue weighted by Crippen LogP contribution is -2.61. The lowest BCUT2D eigenvalue weighted by atomic mass is 9.52. The van der Waals surface area contributed by atoms with Gasteiger partial charge >= 0.3 is 0 Å². The van der Waals surface area contributed by atoms with E-state index in [1.54, 1.807) is 0 Å². The summed E-state index contributed by atoms with van der Waals surface area (Å²) in [5.41, 5.74) is 5.51. The molecule has 0 bridgehead atoms. The van der Waals surface area contributed by atoms with Gasteiger partial charge in [-0.3, -0.25) is 0 Å². The number of hydrogen-bond donors (Lipinski definition) is 2. The van der Waals surface area contributed by atoms with Gasteiger partial charge in [0.25, 0.3) is 0 Å². The van der Waals surface area contributed by atoms with Gasteiger partial charge in [0.15, 0.2) is 0 Å². The summed E-state index contributed by atoms with van der Waals surface area (Å²) in [6.45, 7) is 5.07. The van der Waals surface area contributed by atoms with Gasteiger partial charge in [-0.15, -0.1) is 0 Å². The molecule has 2 aliphatic carbocycles. The van der Waals surface area contributed by atoms with Gasteiger partial charge in [0, 0.05) is 12.0 Å². The lowest BCUT2D eigenvalue weighted by molar-refractivity contribution is -0.174. The zero-order valence-electron chi connectivity index (χ0n) is 9.47. The molecule has 0 radical (unpaired) electrons. The van der Waals surface area contributed by atoms with Crippen molar-refractivity contribution in [1.29, 1.82) is 0 Å². The fourth-order valence-corrected chi connectivity index (χ4v) is 3.70. The van der Waals surface area contributed by atoms with Crippen LogP contribution < -0.4 is 5.73 Å².